The molecule has 0 atom stereocenters. The highest BCUT2D eigenvalue weighted by atomic mass is 35.5. The lowest BCUT2D eigenvalue weighted by Crippen LogP contribution is -2.26. The zero-order valence-electron chi connectivity index (χ0n) is 17.3. The Kier molecular flexibility index (Phi) is 6.54. The molecule has 30 heavy (non-hydrogen) atoms. The number of carbonyl (C=O) groups is 1. The third kappa shape index (κ3) is 5.03. The van der Waals surface area contributed by atoms with E-state index in [1.54, 1.807) is 6.92 Å². The minimum atomic E-state index is -3.50. The van der Waals surface area contributed by atoms with Crippen LogP contribution in [0.3, 0.4) is 0 Å². The van der Waals surface area contributed by atoms with Gasteiger partial charge in [-0.05, 0) is 61.9 Å². The summed E-state index contributed by atoms with van der Waals surface area (Å²) in [6, 6.07) is 5.30. The van der Waals surface area contributed by atoms with Gasteiger partial charge >= 0.3 is 0 Å². The molecule has 1 aromatic carbocycles. The quantitative estimate of drug-likeness (QED) is 0.467. The first-order valence-electron chi connectivity index (χ1n) is 9.55. The maximum absolute atomic E-state index is 12.5. The van der Waals surface area contributed by atoms with Gasteiger partial charge in [-0.2, -0.15) is 0 Å². The van der Waals surface area contributed by atoms with Gasteiger partial charge in [0.15, 0.2) is 0 Å². The van der Waals surface area contributed by atoms with Crippen LogP contribution in [0.15, 0.2) is 24.4 Å². The number of hydroxylamine groups is 1. The number of hydrogen-bond donors (Lipinski definition) is 2. The number of pyridine rings is 1. The molecule has 1 aliphatic carbocycles. The number of halogens is 1. The largest absolute Gasteiger partial charge is 0.353 e. The molecule has 2 aromatic rings. The second kappa shape index (κ2) is 8.79. The maximum Gasteiger partial charge on any atom is 0.278 e. The zero-order valence-corrected chi connectivity index (χ0v) is 18.9. The number of carbonyl (C=O) groups excluding carboxylic acids is 1. The van der Waals surface area contributed by atoms with E-state index in [1.165, 1.54) is 23.6 Å². The van der Waals surface area contributed by atoms with Crippen LogP contribution in [0.2, 0.25) is 5.15 Å². The van der Waals surface area contributed by atoms with Crippen molar-refractivity contribution in [2.45, 2.75) is 32.6 Å². The van der Waals surface area contributed by atoms with Gasteiger partial charge in [0.25, 0.3) is 5.91 Å². The highest BCUT2D eigenvalue weighted by Gasteiger charge is 2.28. The van der Waals surface area contributed by atoms with Crippen molar-refractivity contribution in [2.24, 2.45) is 0 Å². The van der Waals surface area contributed by atoms with Crippen molar-refractivity contribution >= 4 is 44.6 Å². The summed E-state index contributed by atoms with van der Waals surface area (Å²) in [6.07, 6.45) is 4.68. The van der Waals surface area contributed by atoms with E-state index in [1.807, 2.05) is 19.1 Å². The molecule has 1 heterocycles. The van der Waals surface area contributed by atoms with Gasteiger partial charge in [0.05, 0.1) is 35.5 Å². The van der Waals surface area contributed by atoms with Crippen LogP contribution in [0, 0.1) is 6.92 Å². The SMILES string of the molecule is CCONC(=O)c1cnc(Cl)cc1Nc1cc(C)c(C2CC2)cc1N(C)S(C)(=O)=O. The molecule has 1 aliphatic rings. The van der Waals surface area contributed by atoms with Crippen LogP contribution in [0.5, 0.6) is 0 Å². The Bertz CT molecular complexity index is 1070. The normalized spacial score (nSPS) is 13.8. The smallest absolute Gasteiger partial charge is 0.278 e. The first-order chi connectivity index (χ1) is 14.1. The van der Waals surface area contributed by atoms with Crippen LogP contribution >= 0.6 is 11.6 Å². The molecule has 0 saturated heterocycles. The van der Waals surface area contributed by atoms with Crippen molar-refractivity contribution in [3.05, 3.63) is 46.2 Å². The van der Waals surface area contributed by atoms with Gasteiger partial charge in [-0.1, -0.05) is 11.6 Å². The summed E-state index contributed by atoms with van der Waals surface area (Å²) in [7, 11) is -1.99. The molecule has 0 spiro atoms. The van der Waals surface area contributed by atoms with Crippen LogP contribution in [-0.4, -0.2) is 39.2 Å². The van der Waals surface area contributed by atoms with Gasteiger partial charge < -0.3 is 5.32 Å². The third-order valence-corrected chi connectivity index (χ3v) is 6.33. The number of benzene rings is 1. The number of sulfonamides is 1. The maximum atomic E-state index is 12.5. The fourth-order valence-electron chi connectivity index (χ4n) is 3.14. The van der Waals surface area contributed by atoms with Crippen LogP contribution < -0.4 is 15.1 Å². The number of amides is 1. The molecule has 0 aliphatic heterocycles. The van der Waals surface area contributed by atoms with E-state index in [0.29, 0.717) is 29.6 Å². The van der Waals surface area contributed by atoms with Crippen LogP contribution in [0.1, 0.15) is 47.2 Å². The molecule has 0 bridgehead atoms. The Hall–Kier alpha value is -2.36. The summed E-state index contributed by atoms with van der Waals surface area (Å²) >= 11 is 6.05. The Labute approximate surface area is 181 Å². The molecule has 8 nitrogen and oxygen atoms in total. The minimum Gasteiger partial charge on any atom is -0.353 e. The van der Waals surface area contributed by atoms with Crippen LogP contribution in [-0.2, 0) is 14.9 Å². The van der Waals surface area contributed by atoms with Gasteiger partial charge in [0.2, 0.25) is 10.0 Å². The summed E-state index contributed by atoms with van der Waals surface area (Å²) in [5, 5.41) is 3.36. The van der Waals surface area contributed by atoms with Crippen molar-refractivity contribution in [1.82, 2.24) is 10.5 Å². The average molecular weight is 453 g/mol. The highest BCUT2D eigenvalue weighted by molar-refractivity contribution is 7.92. The van der Waals surface area contributed by atoms with Gasteiger partial charge in [-0.3, -0.25) is 13.9 Å². The van der Waals surface area contributed by atoms with E-state index in [4.69, 9.17) is 16.4 Å². The molecule has 1 aromatic heterocycles. The summed E-state index contributed by atoms with van der Waals surface area (Å²) < 4.78 is 25.7. The second-order valence-electron chi connectivity index (χ2n) is 7.27. The highest BCUT2D eigenvalue weighted by Crippen LogP contribution is 2.45. The van der Waals surface area contributed by atoms with E-state index < -0.39 is 15.9 Å². The van der Waals surface area contributed by atoms with Gasteiger partial charge in [0, 0.05) is 13.2 Å². The Morgan fingerprint density at radius 2 is 2.00 bits per heavy atom. The van der Waals surface area contributed by atoms with E-state index in [9.17, 15) is 13.2 Å². The number of aryl methyl sites for hydroxylation is 1. The van der Waals surface area contributed by atoms with E-state index in [0.717, 1.165) is 30.2 Å². The number of hydrogen-bond acceptors (Lipinski definition) is 6. The molecule has 162 valence electrons. The van der Waals surface area contributed by atoms with Crippen molar-refractivity contribution in [3.63, 3.8) is 0 Å². The topological polar surface area (TPSA) is 101 Å². The standard InChI is InChI=1S/C20H25ClN4O4S/c1-5-29-24-20(26)15-11-22-19(21)10-16(15)23-17-8-12(2)14(13-6-7-13)9-18(17)25(3)30(4,27)28/h8-11,13H,5-7H2,1-4H3,(H,22,23)(H,24,26). The fraction of sp³-hybridized carbons (Fsp3) is 0.400. The Balaban J connectivity index is 2.07. The monoisotopic (exact) mass is 452 g/mol. The zero-order chi connectivity index (χ0) is 22.1. The van der Waals surface area contributed by atoms with Crippen molar-refractivity contribution in [1.29, 1.82) is 0 Å². The third-order valence-electron chi connectivity index (χ3n) is 4.93. The molecule has 0 radical (unpaired) electrons. The molecule has 2 N–H and O–H groups in total. The molecule has 10 heteroatoms. The molecule has 1 fully saturated rings. The molecule has 1 amide bonds. The van der Waals surface area contributed by atoms with Crippen molar-refractivity contribution < 1.29 is 18.0 Å². The lowest BCUT2D eigenvalue weighted by Gasteiger charge is -2.24. The number of nitrogens with one attached hydrogen (secondary N) is 2. The van der Waals surface area contributed by atoms with Gasteiger partial charge in [0.1, 0.15) is 5.15 Å². The number of rotatable bonds is 8. The van der Waals surface area contributed by atoms with E-state index in [-0.39, 0.29) is 10.7 Å². The Morgan fingerprint density at radius 1 is 1.30 bits per heavy atom. The summed E-state index contributed by atoms with van der Waals surface area (Å²) in [5.41, 5.74) is 6.14. The fourth-order valence-corrected chi connectivity index (χ4v) is 3.80. The van der Waals surface area contributed by atoms with Gasteiger partial charge in [-0.15, -0.1) is 0 Å². The molecular weight excluding hydrogens is 428 g/mol. The number of nitrogens with zero attached hydrogens (tertiary/aromatic N) is 2. The van der Waals surface area contributed by atoms with Gasteiger partial charge in [-0.25, -0.2) is 18.9 Å². The summed E-state index contributed by atoms with van der Waals surface area (Å²) in [6.45, 7) is 4.04. The second-order valence-corrected chi connectivity index (χ2v) is 9.67. The lowest BCUT2D eigenvalue weighted by atomic mass is 10.0. The number of aromatic nitrogens is 1. The Morgan fingerprint density at radius 3 is 2.60 bits per heavy atom. The summed E-state index contributed by atoms with van der Waals surface area (Å²) in [5.74, 6) is -0.0403. The predicted octanol–water partition coefficient (Wildman–Crippen LogP) is 3.74. The predicted molar refractivity (Wildman–Crippen MR) is 118 cm³/mol. The molecular formula is C20H25ClN4O4S. The minimum absolute atomic E-state index is 0.190. The molecule has 0 unspecified atom stereocenters. The molecule has 3 rings (SSSR count). The first-order valence-corrected chi connectivity index (χ1v) is 11.8. The first kappa shape index (κ1) is 22.3. The van der Waals surface area contributed by atoms with E-state index >= 15 is 0 Å². The van der Waals surface area contributed by atoms with Crippen molar-refractivity contribution in [2.75, 3.05) is 29.5 Å². The van der Waals surface area contributed by atoms with Crippen LogP contribution in [0.25, 0.3) is 0 Å². The number of anilines is 3. The summed E-state index contributed by atoms with van der Waals surface area (Å²) in [4.78, 5) is 21.4. The van der Waals surface area contributed by atoms with E-state index in [2.05, 4.69) is 15.8 Å². The molecule has 1 saturated carbocycles. The lowest BCUT2D eigenvalue weighted by molar-refractivity contribution is 0.0365. The van der Waals surface area contributed by atoms with Crippen LogP contribution in [0.4, 0.5) is 17.1 Å². The van der Waals surface area contributed by atoms with Crippen molar-refractivity contribution in [3.8, 4) is 0 Å². The average Bonchev–Trinajstić information content (AvgIpc) is 3.50.